The van der Waals surface area contributed by atoms with Gasteiger partial charge in [-0.15, -0.1) is 11.3 Å². The van der Waals surface area contributed by atoms with Crippen LogP contribution in [0.3, 0.4) is 0 Å². The second-order valence-corrected chi connectivity index (χ2v) is 7.79. The molecule has 0 aliphatic carbocycles. The lowest BCUT2D eigenvalue weighted by Gasteiger charge is -2.17. The molecule has 30 heavy (non-hydrogen) atoms. The van der Waals surface area contributed by atoms with Gasteiger partial charge in [-0.1, -0.05) is 36.4 Å². The van der Waals surface area contributed by atoms with Crippen molar-refractivity contribution in [2.45, 2.75) is 19.9 Å². The highest BCUT2D eigenvalue weighted by Gasteiger charge is 2.18. The Balaban J connectivity index is 1.80. The maximum atomic E-state index is 13.0. The maximum Gasteiger partial charge on any atom is 0.268 e. The molecule has 1 aromatic heterocycles. The van der Waals surface area contributed by atoms with Crippen LogP contribution >= 0.6 is 11.3 Å². The van der Waals surface area contributed by atoms with Gasteiger partial charge in [0.15, 0.2) is 0 Å². The molecular weight excluding hydrogens is 396 g/mol. The van der Waals surface area contributed by atoms with Crippen LogP contribution in [0.5, 0.6) is 5.75 Å². The molecule has 0 spiro atoms. The summed E-state index contributed by atoms with van der Waals surface area (Å²) < 4.78 is 5.18. The number of carbonyl (C=O) groups excluding carboxylic acids is 2. The maximum absolute atomic E-state index is 13.0. The molecule has 0 fully saturated rings. The van der Waals surface area contributed by atoms with Crippen molar-refractivity contribution >= 4 is 29.2 Å². The average molecular weight is 421 g/mol. The summed E-state index contributed by atoms with van der Waals surface area (Å²) in [5.74, 6) is 0.0814. The minimum absolute atomic E-state index is 0.200. The van der Waals surface area contributed by atoms with Gasteiger partial charge in [-0.25, -0.2) is 0 Å². The quantitative estimate of drug-likeness (QED) is 0.544. The third-order valence-electron chi connectivity index (χ3n) is 4.68. The Morgan fingerprint density at radius 1 is 1.03 bits per heavy atom. The Morgan fingerprint density at radius 3 is 2.40 bits per heavy atom. The van der Waals surface area contributed by atoms with Crippen LogP contribution in [0.1, 0.15) is 39.3 Å². The van der Waals surface area contributed by atoms with E-state index in [4.69, 9.17) is 4.74 Å². The molecule has 5 nitrogen and oxygen atoms in total. The fourth-order valence-corrected chi connectivity index (χ4v) is 3.60. The SMILES string of the molecule is COc1ccc([C@@H](C)NC(=O)/C(=C/c2cccs2)NC(=O)c2ccccc2C)cc1. The van der Waals surface area contributed by atoms with Gasteiger partial charge in [-0.3, -0.25) is 9.59 Å². The number of thiophene rings is 1. The first-order valence-electron chi connectivity index (χ1n) is 9.55. The van der Waals surface area contributed by atoms with E-state index in [2.05, 4.69) is 10.6 Å². The van der Waals surface area contributed by atoms with Gasteiger partial charge in [0.2, 0.25) is 0 Å². The van der Waals surface area contributed by atoms with Crippen molar-refractivity contribution in [2.24, 2.45) is 0 Å². The van der Waals surface area contributed by atoms with Crippen LogP contribution < -0.4 is 15.4 Å². The summed E-state index contributed by atoms with van der Waals surface area (Å²) in [5.41, 5.74) is 2.51. The summed E-state index contributed by atoms with van der Waals surface area (Å²) >= 11 is 1.49. The first-order chi connectivity index (χ1) is 14.5. The van der Waals surface area contributed by atoms with E-state index < -0.39 is 0 Å². The fourth-order valence-electron chi connectivity index (χ4n) is 2.94. The van der Waals surface area contributed by atoms with Crippen molar-refractivity contribution in [2.75, 3.05) is 7.11 Å². The summed E-state index contributed by atoms with van der Waals surface area (Å²) in [6.07, 6.45) is 1.69. The van der Waals surface area contributed by atoms with Crippen molar-refractivity contribution in [3.05, 3.63) is 93.3 Å². The van der Waals surface area contributed by atoms with E-state index in [1.54, 1.807) is 25.3 Å². The van der Waals surface area contributed by atoms with E-state index >= 15 is 0 Å². The van der Waals surface area contributed by atoms with E-state index in [0.29, 0.717) is 5.56 Å². The molecule has 0 saturated carbocycles. The van der Waals surface area contributed by atoms with Crippen LogP contribution in [0.4, 0.5) is 0 Å². The Labute approximate surface area is 180 Å². The number of benzene rings is 2. The van der Waals surface area contributed by atoms with Crippen molar-refractivity contribution < 1.29 is 14.3 Å². The highest BCUT2D eigenvalue weighted by atomic mass is 32.1. The molecule has 2 amide bonds. The van der Waals surface area contributed by atoms with Gasteiger partial charge in [-0.2, -0.15) is 0 Å². The number of rotatable bonds is 7. The Morgan fingerprint density at radius 2 is 1.77 bits per heavy atom. The van der Waals surface area contributed by atoms with Gasteiger partial charge in [0.1, 0.15) is 11.4 Å². The minimum Gasteiger partial charge on any atom is -0.497 e. The lowest BCUT2D eigenvalue weighted by molar-refractivity contribution is -0.118. The third-order valence-corrected chi connectivity index (χ3v) is 5.50. The van der Waals surface area contributed by atoms with Gasteiger partial charge >= 0.3 is 0 Å². The number of hydrogen-bond acceptors (Lipinski definition) is 4. The molecule has 1 heterocycles. The number of hydrogen-bond donors (Lipinski definition) is 2. The molecule has 6 heteroatoms. The van der Waals surface area contributed by atoms with Gasteiger partial charge in [0, 0.05) is 10.4 Å². The smallest absolute Gasteiger partial charge is 0.268 e. The molecule has 1 atom stereocenters. The van der Waals surface area contributed by atoms with Crippen molar-refractivity contribution in [3.63, 3.8) is 0 Å². The molecule has 3 rings (SSSR count). The molecule has 2 N–H and O–H groups in total. The van der Waals surface area contributed by atoms with Gasteiger partial charge < -0.3 is 15.4 Å². The molecule has 3 aromatic rings. The molecule has 2 aromatic carbocycles. The van der Waals surface area contributed by atoms with E-state index in [1.807, 2.05) is 67.8 Å². The normalized spacial score (nSPS) is 12.2. The zero-order valence-corrected chi connectivity index (χ0v) is 18.0. The predicted octanol–water partition coefficient (Wildman–Crippen LogP) is 4.71. The average Bonchev–Trinajstić information content (AvgIpc) is 3.26. The summed E-state index contributed by atoms with van der Waals surface area (Å²) in [5, 5.41) is 7.66. The summed E-state index contributed by atoms with van der Waals surface area (Å²) in [6.45, 7) is 3.76. The minimum atomic E-state index is -0.353. The Kier molecular flexibility index (Phi) is 7.03. The number of amides is 2. The van der Waals surface area contributed by atoms with Crippen LogP contribution in [0.25, 0.3) is 6.08 Å². The van der Waals surface area contributed by atoms with Crippen molar-refractivity contribution in [1.82, 2.24) is 10.6 Å². The predicted molar refractivity (Wildman–Crippen MR) is 120 cm³/mol. The highest BCUT2D eigenvalue weighted by Crippen LogP contribution is 2.19. The van der Waals surface area contributed by atoms with Crippen LogP contribution in [-0.2, 0) is 4.79 Å². The van der Waals surface area contributed by atoms with Crippen molar-refractivity contribution in [3.8, 4) is 5.75 Å². The van der Waals surface area contributed by atoms with Crippen LogP contribution in [0.2, 0.25) is 0 Å². The fraction of sp³-hybridized carbons (Fsp3) is 0.167. The number of methoxy groups -OCH3 is 1. The van der Waals surface area contributed by atoms with Gasteiger partial charge in [0.05, 0.1) is 13.2 Å². The molecule has 0 saturated heterocycles. The molecule has 0 aliphatic heterocycles. The Hall–Kier alpha value is -3.38. The second-order valence-electron chi connectivity index (χ2n) is 6.81. The second kappa shape index (κ2) is 9.89. The third kappa shape index (κ3) is 5.36. The largest absolute Gasteiger partial charge is 0.497 e. The molecule has 0 unspecified atom stereocenters. The molecule has 0 bridgehead atoms. The van der Waals surface area contributed by atoms with Crippen LogP contribution in [0, 0.1) is 6.92 Å². The van der Waals surface area contributed by atoms with Crippen LogP contribution in [0.15, 0.2) is 71.7 Å². The van der Waals surface area contributed by atoms with Crippen LogP contribution in [-0.4, -0.2) is 18.9 Å². The standard InChI is InChI=1S/C24H24N2O3S/c1-16-7-4-5-9-21(16)23(27)26-22(15-20-8-6-14-30-20)24(28)25-17(2)18-10-12-19(29-3)13-11-18/h4-15,17H,1-3H3,(H,25,28)(H,26,27)/b22-15-/t17-/m1/s1. The van der Waals surface area contributed by atoms with Crippen molar-refractivity contribution in [1.29, 1.82) is 0 Å². The zero-order chi connectivity index (χ0) is 21.5. The van der Waals surface area contributed by atoms with Gasteiger partial charge in [-0.05, 0) is 60.7 Å². The number of aryl methyl sites for hydroxylation is 1. The summed E-state index contributed by atoms with van der Waals surface area (Å²) in [4.78, 5) is 26.7. The first-order valence-corrected chi connectivity index (χ1v) is 10.4. The monoisotopic (exact) mass is 420 g/mol. The first kappa shape index (κ1) is 21.3. The lowest BCUT2D eigenvalue weighted by Crippen LogP contribution is -2.36. The Bertz CT molecular complexity index is 1040. The molecule has 154 valence electrons. The lowest BCUT2D eigenvalue weighted by atomic mass is 10.1. The molecule has 0 radical (unpaired) electrons. The molecule has 0 aliphatic rings. The summed E-state index contributed by atoms with van der Waals surface area (Å²) in [7, 11) is 1.61. The zero-order valence-electron chi connectivity index (χ0n) is 17.1. The number of nitrogens with one attached hydrogen (secondary N) is 2. The highest BCUT2D eigenvalue weighted by molar-refractivity contribution is 7.10. The molecular formula is C24H24N2O3S. The summed E-state index contributed by atoms with van der Waals surface area (Å²) in [6, 6.07) is 18.3. The van der Waals surface area contributed by atoms with E-state index in [1.165, 1.54) is 11.3 Å². The topological polar surface area (TPSA) is 67.4 Å². The van der Waals surface area contributed by atoms with E-state index in [9.17, 15) is 9.59 Å². The number of ether oxygens (including phenoxy) is 1. The van der Waals surface area contributed by atoms with E-state index in [0.717, 1.165) is 21.8 Å². The number of carbonyl (C=O) groups is 2. The van der Waals surface area contributed by atoms with Gasteiger partial charge in [0.25, 0.3) is 11.8 Å². The van der Waals surface area contributed by atoms with E-state index in [-0.39, 0.29) is 23.6 Å².